The van der Waals surface area contributed by atoms with Crippen LogP contribution in [0.1, 0.15) is 184 Å². The van der Waals surface area contributed by atoms with Gasteiger partial charge in [-0.15, -0.1) is 0 Å². The van der Waals surface area contributed by atoms with Crippen LogP contribution in [0.5, 0.6) is 0 Å². The third-order valence-electron chi connectivity index (χ3n) is 10.9. The largest absolute Gasteiger partial charge is 0.0648 e. The van der Waals surface area contributed by atoms with Gasteiger partial charge >= 0.3 is 0 Å². The van der Waals surface area contributed by atoms with Gasteiger partial charge in [0.05, 0.1) is 0 Å². The van der Waals surface area contributed by atoms with Gasteiger partial charge in [-0.1, -0.05) is 178 Å². The molecule has 0 heterocycles. The summed E-state index contributed by atoms with van der Waals surface area (Å²) in [7, 11) is 0. The Morgan fingerprint density at radius 3 is 1.40 bits per heavy atom. The average molecular weight is 491 g/mol. The third-order valence-corrected chi connectivity index (χ3v) is 10.9. The van der Waals surface area contributed by atoms with E-state index in [1.807, 2.05) is 0 Å². The van der Waals surface area contributed by atoms with E-state index in [-0.39, 0.29) is 0 Å². The van der Waals surface area contributed by atoms with Crippen LogP contribution in [-0.4, -0.2) is 0 Å². The topological polar surface area (TPSA) is 0 Å². The van der Waals surface area contributed by atoms with Crippen molar-refractivity contribution in [3.8, 4) is 0 Å². The maximum atomic E-state index is 2.52. The van der Waals surface area contributed by atoms with Crippen molar-refractivity contribution in [3.05, 3.63) is 0 Å². The molecule has 0 aromatic rings. The molecule has 1 saturated carbocycles. The summed E-state index contributed by atoms with van der Waals surface area (Å²) in [5, 5.41) is 0. The quantitative estimate of drug-likeness (QED) is 0.125. The molecule has 0 nitrogen and oxygen atoms in total. The lowest BCUT2D eigenvalue weighted by Gasteiger charge is -2.39. The van der Waals surface area contributed by atoms with Gasteiger partial charge in [0.25, 0.3) is 0 Å². The van der Waals surface area contributed by atoms with Crippen LogP contribution in [0.3, 0.4) is 0 Å². The highest BCUT2D eigenvalue weighted by Gasteiger charge is 2.47. The molecule has 0 bridgehead atoms. The molecule has 5 atom stereocenters. The Balaban J connectivity index is 1.84. The Hall–Kier alpha value is 0. The average Bonchev–Trinajstić information content (AvgIpc) is 3.46. The minimum atomic E-state index is 0.525. The highest BCUT2D eigenvalue weighted by Crippen LogP contribution is 2.56. The van der Waals surface area contributed by atoms with Gasteiger partial charge in [-0.05, 0) is 46.8 Å². The van der Waals surface area contributed by atoms with Crippen molar-refractivity contribution in [1.82, 2.24) is 0 Å². The fourth-order valence-electron chi connectivity index (χ4n) is 6.97. The van der Waals surface area contributed by atoms with Crippen molar-refractivity contribution < 1.29 is 0 Å². The summed E-state index contributed by atoms with van der Waals surface area (Å²) in [6, 6.07) is 0. The van der Waals surface area contributed by atoms with E-state index in [0.717, 1.165) is 29.6 Å². The molecule has 0 aromatic carbocycles. The first-order chi connectivity index (χ1) is 16.5. The Bertz CT molecular complexity index is 502. The SMILES string of the molecule is CCC(C)(C(C)C)C(C)CCCCC(C)CCCCCCCCCCCCCC(C)C1CC1(C)C. The van der Waals surface area contributed by atoms with Gasteiger partial charge in [0, 0.05) is 0 Å². The van der Waals surface area contributed by atoms with Gasteiger partial charge in [-0.2, -0.15) is 0 Å². The lowest BCUT2D eigenvalue weighted by atomic mass is 9.66. The summed E-state index contributed by atoms with van der Waals surface area (Å²) in [6.45, 7) is 22.1. The fraction of sp³-hybridized carbons (Fsp3) is 1.00. The number of rotatable bonds is 23. The van der Waals surface area contributed by atoms with Crippen LogP contribution in [0.2, 0.25) is 0 Å². The number of hydrogen-bond donors (Lipinski definition) is 0. The van der Waals surface area contributed by atoms with Crippen LogP contribution in [0.4, 0.5) is 0 Å². The second-order valence-electron chi connectivity index (χ2n) is 14.5. The van der Waals surface area contributed by atoms with E-state index in [1.54, 1.807) is 0 Å². The molecule has 0 saturated heterocycles. The lowest BCUT2D eigenvalue weighted by molar-refractivity contribution is 0.109. The first-order valence-electron chi connectivity index (χ1n) is 16.5. The molecule has 0 amide bonds. The zero-order valence-electron chi connectivity index (χ0n) is 26.3. The van der Waals surface area contributed by atoms with Crippen molar-refractivity contribution in [2.45, 2.75) is 184 Å². The predicted molar refractivity (Wildman–Crippen MR) is 161 cm³/mol. The molecule has 5 unspecified atom stereocenters. The van der Waals surface area contributed by atoms with Crippen molar-refractivity contribution >= 4 is 0 Å². The lowest BCUT2D eigenvalue weighted by Crippen LogP contribution is -2.30. The molecule has 210 valence electrons. The van der Waals surface area contributed by atoms with Gasteiger partial charge in [0.2, 0.25) is 0 Å². The van der Waals surface area contributed by atoms with Crippen LogP contribution in [-0.2, 0) is 0 Å². The zero-order chi connectivity index (χ0) is 26.3. The predicted octanol–water partition coefficient (Wildman–Crippen LogP) is 12.6. The molecule has 35 heavy (non-hydrogen) atoms. The summed E-state index contributed by atoms with van der Waals surface area (Å²) >= 11 is 0. The van der Waals surface area contributed by atoms with Gasteiger partial charge in [0.1, 0.15) is 0 Å². The van der Waals surface area contributed by atoms with E-state index in [2.05, 4.69) is 62.3 Å². The molecule has 0 aromatic heterocycles. The molecule has 1 fully saturated rings. The first-order valence-corrected chi connectivity index (χ1v) is 16.5. The molecule has 1 rings (SSSR count). The minimum Gasteiger partial charge on any atom is -0.0648 e. The molecule has 1 aliphatic rings. The van der Waals surface area contributed by atoms with Gasteiger partial charge in [-0.25, -0.2) is 0 Å². The zero-order valence-corrected chi connectivity index (χ0v) is 26.3. The molecule has 0 N–H and O–H groups in total. The highest BCUT2D eigenvalue weighted by molar-refractivity contribution is 4.97. The Kier molecular flexibility index (Phi) is 16.5. The normalized spacial score (nSPS) is 21.6. The van der Waals surface area contributed by atoms with Crippen LogP contribution in [0, 0.1) is 40.4 Å². The molecule has 0 aliphatic heterocycles. The Morgan fingerprint density at radius 2 is 1.00 bits per heavy atom. The fourth-order valence-corrected chi connectivity index (χ4v) is 6.97. The van der Waals surface area contributed by atoms with Crippen LogP contribution in [0.25, 0.3) is 0 Å². The van der Waals surface area contributed by atoms with Gasteiger partial charge < -0.3 is 0 Å². The molecular formula is C35H70. The summed E-state index contributed by atoms with van der Waals surface area (Å²) in [4.78, 5) is 0. The maximum Gasteiger partial charge on any atom is -0.0280 e. The maximum absolute atomic E-state index is 2.52. The van der Waals surface area contributed by atoms with Gasteiger partial charge in [0.15, 0.2) is 0 Å². The van der Waals surface area contributed by atoms with E-state index in [1.165, 1.54) is 122 Å². The summed E-state index contributed by atoms with van der Waals surface area (Å²) in [5.41, 5.74) is 1.19. The second kappa shape index (κ2) is 17.5. The van der Waals surface area contributed by atoms with E-state index >= 15 is 0 Å². The monoisotopic (exact) mass is 491 g/mol. The van der Waals surface area contributed by atoms with Crippen LogP contribution >= 0.6 is 0 Å². The van der Waals surface area contributed by atoms with Gasteiger partial charge in [-0.3, -0.25) is 0 Å². The van der Waals surface area contributed by atoms with Crippen molar-refractivity contribution in [1.29, 1.82) is 0 Å². The molecule has 1 aliphatic carbocycles. The number of unbranched alkanes of at least 4 members (excludes halogenated alkanes) is 11. The molecule has 0 spiro atoms. The second-order valence-corrected chi connectivity index (χ2v) is 14.5. The smallest absolute Gasteiger partial charge is 0.0280 e. The summed E-state index contributed by atoms with van der Waals surface area (Å²) in [6.07, 6.45) is 27.7. The van der Waals surface area contributed by atoms with E-state index in [4.69, 9.17) is 0 Å². The highest BCUT2D eigenvalue weighted by atomic mass is 14.5. The van der Waals surface area contributed by atoms with Crippen LogP contribution < -0.4 is 0 Å². The Labute approximate surface area is 224 Å². The van der Waals surface area contributed by atoms with E-state index in [0.29, 0.717) is 10.8 Å². The Morgan fingerprint density at radius 1 is 0.629 bits per heavy atom. The van der Waals surface area contributed by atoms with E-state index in [9.17, 15) is 0 Å². The first kappa shape index (κ1) is 33.0. The van der Waals surface area contributed by atoms with Crippen molar-refractivity contribution in [2.75, 3.05) is 0 Å². The number of hydrogen-bond acceptors (Lipinski definition) is 0. The third kappa shape index (κ3) is 13.4. The molecule has 0 radical (unpaired) electrons. The summed E-state index contributed by atoms with van der Waals surface area (Å²) < 4.78 is 0. The minimum absolute atomic E-state index is 0.525. The van der Waals surface area contributed by atoms with Crippen LogP contribution in [0.15, 0.2) is 0 Å². The summed E-state index contributed by atoms with van der Waals surface area (Å²) in [5.74, 6) is 4.58. The molecular weight excluding hydrogens is 420 g/mol. The van der Waals surface area contributed by atoms with Crippen molar-refractivity contribution in [2.24, 2.45) is 40.4 Å². The standard InChI is InChI=1S/C35H70/c1-10-35(9,29(2)3)32(6)27-23-22-25-30(4)24-20-18-16-14-12-11-13-15-17-19-21-26-31(5)33-28-34(33,7)8/h29-33H,10-28H2,1-9H3. The van der Waals surface area contributed by atoms with Crippen molar-refractivity contribution in [3.63, 3.8) is 0 Å². The molecule has 0 heteroatoms. The van der Waals surface area contributed by atoms with E-state index < -0.39 is 0 Å².